The smallest absolute Gasteiger partial charge is 0.264 e. The van der Waals surface area contributed by atoms with Crippen LogP contribution in [0.25, 0.3) is 0 Å². The van der Waals surface area contributed by atoms with Crippen molar-refractivity contribution < 1.29 is 17.5 Å². The number of hydrogen-bond donors (Lipinski definition) is 0. The number of likely N-dealkylation sites (tertiary alicyclic amines) is 1. The topological polar surface area (TPSA) is 49.9 Å². The highest BCUT2D eigenvalue weighted by Gasteiger charge is 2.34. The number of hydrogen-bond acceptors (Lipinski definition) is 4. The average molecular weight is 469 g/mol. The maximum absolute atomic E-state index is 13.7. The predicted molar refractivity (Wildman–Crippen MR) is 129 cm³/mol. The first-order valence-corrected chi connectivity index (χ1v) is 12.5. The molecule has 0 bridgehead atoms. The van der Waals surface area contributed by atoms with Crippen molar-refractivity contribution in [2.75, 3.05) is 24.5 Å². The molecule has 1 aliphatic heterocycles. The summed E-state index contributed by atoms with van der Waals surface area (Å²) in [6.45, 7) is 4.18. The summed E-state index contributed by atoms with van der Waals surface area (Å²) in [5, 5.41) is 0. The largest absolute Gasteiger partial charge is 0.496 e. The van der Waals surface area contributed by atoms with Gasteiger partial charge in [0.1, 0.15) is 11.6 Å². The van der Waals surface area contributed by atoms with E-state index < -0.39 is 15.8 Å². The summed E-state index contributed by atoms with van der Waals surface area (Å²) in [5.41, 5.74) is 2.59. The third kappa shape index (κ3) is 5.20. The molecule has 1 saturated heterocycles. The Bertz CT molecular complexity index is 1170. The molecule has 0 saturated carbocycles. The minimum absolute atomic E-state index is 0.212. The van der Waals surface area contributed by atoms with Crippen LogP contribution in [0.3, 0.4) is 0 Å². The third-order valence-corrected chi connectivity index (χ3v) is 8.03. The number of ether oxygens (including phenoxy) is 1. The van der Waals surface area contributed by atoms with Gasteiger partial charge in [-0.1, -0.05) is 35.9 Å². The molecule has 174 valence electrons. The summed E-state index contributed by atoms with van der Waals surface area (Å²) < 4.78 is 47.9. The summed E-state index contributed by atoms with van der Waals surface area (Å²) in [5.74, 6) is 0.465. The highest BCUT2D eigenvalue weighted by molar-refractivity contribution is 7.92. The molecule has 0 spiro atoms. The number of aryl methyl sites for hydroxylation is 1. The molecule has 1 heterocycles. The number of benzene rings is 3. The van der Waals surface area contributed by atoms with Gasteiger partial charge >= 0.3 is 0 Å². The first kappa shape index (κ1) is 23.3. The van der Waals surface area contributed by atoms with Gasteiger partial charge in [0.05, 0.1) is 17.7 Å². The van der Waals surface area contributed by atoms with Crippen molar-refractivity contribution in [3.8, 4) is 5.75 Å². The molecule has 3 aromatic rings. The summed E-state index contributed by atoms with van der Waals surface area (Å²) >= 11 is 0. The number of piperidine rings is 1. The fourth-order valence-corrected chi connectivity index (χ4v) is 6.05. The molecule has 0 atom stereocenters. The van der Waals surface area contributed by atoms with Gasteiger partial charge in [-0.25, -0.2) is 12.8 Å². The number of methoxy groups -OCH3 is 1. The van der Waals surface area contributed by atoms with Crippen LogP contribution >= 0.6 is 0 Å². The van der Waals surface area contributed by atoms with Crippen molar-refractivity contribution in [2.24, 2.45) is 0 Å². The molecule has 0 radical (unpaired) electrons. The van der Waals surface area contributed by atoms with Crippen molar-refractivity contribution in [3.05, 3.63) is 89.7 Å². The fourth-order valence-electron chi connectivity index (χ4n) is 4.34. The standard InChI is InChI=1S/C26H29FN2O3S/c1-20-7-13-25(14-8-20)33(30,31)29(23-11-9-22(27)10-12-23)24-15-17-28(18-16-24)19-21-5-3-4-6-26(21)32-2/h3-14,24H,15-19H2,1-2H3. The summed E-state index contributed by atoms with van der Waals surface area (Å²) in [6.07, 6.45) is 1.36. The van der Waals surface area contributed by atoms with E-state index in [-0.39, 0.29) is 10.9 Å². The van der Waals surface area contributed by atoms with Gasteiger partial charge in [0.25, 0.3) is 10.0 Å². The molecular formula is C26H29FN2O3S. The van der Waals surface area contributed by atoms with Crippen molar-refractivity contribution in [1.29, 1.82) is 0 Å². The van der Waals surface area contributed by atoms with E-state index in [0.29, 0.717) is 18.5 Å². The zero-order valence-electron chi connectivity index (χ0n) is 18.9. The van der Waals surface area contributed by atoms with Gasteiger partial charge in [0.2, 0.25) is 0 Å². The number of rotatable bonds is 7. The molecule has 3 aromatic carbocycles. The second kappa shape index (κ2) is 9.93. The van der Waals surface area contributed by atoms with Gasteiger partial charge in [-0.3, -0.25) is 9.21 Å². The highest BCUT2D eigenvalue weighted by atomic mass is 32.2. The Balaban J connectivity index is 1.57. The number of anilines is 1. The summed E-state index contributed by atoms with van der Waals surface area (Å²) in [4.78, 5) is 2.56. The Morgan fingerprint density at radius 2 is 1.61 bits per heavy atom. The Hall–Kier alpha value is -2.90. The van der Waals surface area contributed by atoms with Gasteiger partial charge in [-0.15, -0.1) is 0 Å². The molecule has 1 fully saturated rings. The fraction of sp³-hybridized carbons (Fsp3) is 0.308. The SMILES string of the molecule is COc1ccccc1CN1CCC(N(c2ccc(F)cc2)S(=O)(=O)c2ccc(C)cc2)CC1. The quantitative estimate of drug-likeness (QED) is 0.490. The Kier molecular flexibility index (Phi) is 7.00. The molecule has 0 N–H and O–H groups in total. The molecule has 5 nitrogen and oxygen atoms in total. The maximum atomic E-state index is 13.7. The van der Waals surface area contributed by atoms with E-state index in [2.05, 4.69) is 11.0 Å². The number of nitrogens with zero attached hydrogens (tertiary/aromatic N) is 2. The van der Waals surface area contributed by atoms with Crippen LogP contribution < -0.4 is 9.04 Å². The Morgan fingerprint density at radius 1 is 0.970 bits per heavy atom. The lowest BCUT2D eigenvalue weighted by atomic mass is 10.0. The number of sulfonamides is 1. The highest BCUT2D eigenvalue weighted by Crippen LogP contribution is 2.31. The average Bonchev–Trinajstić information content (AvgIpc) is 2.82. The third-order valence-electron chi connectivity index (χ3n) is 6.13. The molecule has 33 heavy (non-hydrogen) atoms. The van der Waals surface area contributed by atoms with Gasteiger partial charge in [0, 0.05) is 31.2 Å². The van der Waals surface area contributed by atoms with Gasteiger partial charge in [-0.2, -0.15) is 0 Å². The molecule has 1 aliphatic rings. The van der Waals surface area contributed by atoms with E-state index in [9.17, 15) is 12.8 Å². The lowest BCUT2D eigenvalue weighted by Gasteiger charge is -2.39. The molecule has 0 aliphatic carbocycles. The van der Waals surface area contributed by atoms with E-state index in [1.165, 1.54) is 16.4 Å². The molecule has 7 heteroatoms. The van der Waals surface area contributed by atoms with E-state index in [4.69, 9.17) is 4.74 Å². The minimum atomic E-state index is -3.80. The van der Waals surface area contributed by atoms with Crippen LogP contribution in [0.15, 0.2) is 77.7 Å². The van der Waals surface area contributed by atoms with E-state index in [1.807, 2.05) is 25.1 Å². The normalized spacial score (nSPS) is 15.4. The van der Waals surface area contributed by atoms with E-state index in [1.54, 1.807) is 43.5 Å². The van der Waals surface area contributed by atoms with Crippen molar-refractivity contribution in [2.45, 2.75) is 37.2 Å². The van der Waals surface area contributed by atoms with Crippen molar-refractivity contribution in [1.82, 2.24) is 4.90 Å². The van der Waals surface area contributed by atoms with Crippen LogP contribution in [0.5, 0.6) is 5.75 Å². The maximum Gasteiger partial charge on any atom is 0.264 e. The molecule has 0 unspecified atom stereocenters. The van der Waals surface area contributed by atoms with E-state index in [0.717, 1.165) is 36.5 Å². The second-order valence-electron chi connectivity index (χ2n) is 8.41. The van der Waals surface area contributed by atoms with Crippen LogP contribution in [0.2, 0.25) is 0 Å². The first-order chi connectivity index (χ1) is 15.9. The Morgan fingerprint density at radius 3 is 2.24 bits per heavy atom. The monoisotopic (exact) mass is 468 g/mol. The molecule has 4 rings (SSSR count). The Labute approximate surface area is 195 Å². The first-order valence-electron chi connectivity index (χ1n) is 11.1. The van der Waals surface area contributed by atoms with Gasteiger partial charge in [0.15, 0.2) is 0 Å². The molecule has 0 amide bonds. The summed E-state index contributed by atoms with van der Waals surface area (Å²) in [7, 11) is -2.13. The van der Waals surface area contributed by atoms with Crippen molar-refractivity contribution >= 4 is 15.7 Å². The second-order valence-corrected chi connectivity index (χ2v) is 10.2. The predicted octanol–water partition coefficient (Wildman–Crippen LogP) is 5.00. The number of para-hydroxylation sites is 1. The van der Waals surface area contributed by atoms with Gasteiger partial charge in [-0.05, 0) is 62.2 Å². The zero-order chi connectivity index (χ0) is 23.4. The van der Waals surface area contributed by atoms with E-state index >= 15 is 0 Å². The lowest BCUT2D eigenvalue weighted by molar-refractivity contribution is 0.204. The minimum Gasteiger partial charge on any atom is -0.496 e. The summed E-state index contributed by atoms with van der Waals surface area (Å²) in [6, 6.07) is 20.3. The van der Waals surface area contributed by atoms with Crippen molar-refractivity contribution in [3.63, 3.8) is 0 Å². The molecular weight excluding hydrogens is 439 g/mol. The van der Waals surface area contributed by atoms with Crippen LogP contribution in [-0.2, 0) is 16.6 Å². The lowest BCUT2D eigenvalue weighted by Crippen LogP contribution is -2.47. The van der Waals surface area contributed by atoms with Crippen LogP contribution in [0, 0.1) is 12.7 Å². The van der Waals surface area contributed by atoms with Gasteiger partial charge < -0.3 is 4.74 Å². The number of halogens is 1. The van der Waals surface area contributed by atoms with Crippen LogP contribution in [-0.4, -0.2) is 39.6 Å². The molecule has 0 aromatic heterocycles. The van der Waals surface area contributed by atoms with Crippen LogP contribution in [0.4, 0.5) is 10.1 Å². The zero-order valence-corrected chi connectivity index (χ0v) is 19.8. The van der Waals surface area contributed by atoms with Crippen LogP contribution in [0.1, 0.15) is 24.0 Å².